The molecule has 0 saturated carbocycles. The molecule has 1 saturated heterocycles. The largest absolute Gasteiger partial charge is 0.356 e. The van der Waals surface area contributed by atoms with E-state index in [4.69, 9.17) is 0 Å². The van der Waals surface area contributed by atoms with Crippen molar-refractivity contribution in [3.8, 4) is 0 Å². The van der Waals surface area contributed by atoms with Gasteiger partial charge in [0, 0.05) is 24.5 Å². The third-order valence-corrected chi connectivity index (χ3v) is 6.34. The molecule has 7 heteroatoms. The number of nitrogens with zero attached hydrogens (tertiary/aromatic N) is 2. The fourth-order valence-electron chi connectivity index (χ4n) is 3.88. The molecule has 152 valence electrons. The summed E-state index contributed by atoms with van der Waals surface area (Å²) in [5.74, 6) is -0.525. The Morgan fingerprint density at radius 2 is 2.14 bits per heavy atom. The van der Waals surface area contributed by atoms with Crippen LogP contribution in [0.2, 0.25) is 0 Å². The Hall–Kier alpha value is -1.99. The highest BCUT2D eigenvalue weighted by Gasteiger charge is 2.31. The van der Waals surface area contributed by atoms with Crippen LogP contribution in [0.1, 0.15) is 42.3 Å². The van der Waals surface area contributed by atoms with E-state index in [2.05, 4.69) is 45.1 Å². The molecule has 1 aromatic carbocycles. The predicted octanol–water partition coefficient (Wildman–Crippen LogP) is 4.34. The van der Waals surface area contributed by atoms with Gasteiger partial charge >= 0.3 is 0 Å². The van der Waals surface area contributed by atoms with Crippen LogP contribution in [0.15, 0.2) is 40.7 Å². The maximum absolute atomic E-state index is 13.5. The first kappa shape index (κ1) is 20.7. The summed E-state index contributed by atoms with van der Waals surface area (Å²) in [5, 5.41) is 8.83. The molecule has 0 aliphatic carbocycles. The molecule has 1 aliphatic rings. The summed E-state index contributed by atoms with van der Waals surface area (Å²) in [6, 6.07) is 8.50. The summed E-state index contributed by atoms with van der Waals surface area (Å²) in [7, 11) is 3.91. The van der Waals surface area contributed by atoms with E-state index in [1.165, 1.54) is 17.4 Å². The van der Waals surface area contributed by atoms with Crippen molar-refractivity contribution in [2.75, 3.05) is 27.2 Å². The zero-order valence-electron chi connectivity index (χ0n) is 16.6. The summed E-state index contributed by atoms with van der Waals surface area (Å²) < 4.78 is 26.7. The van der Waals surface area contributed by atoms with E-state index >= 15 is 0 Å². The summed E-state index contributed by atoms with van der Waals surface area (Å²) in [6.45, 7) is 3.82. The standard InChI is InChI=1S/C21H28F2N4S/c1-14(15-8-9-17(22)18(23)12-15)26-21(24-2)25-13-16-6-4-10-27(3)20(16)19-7-5-11-28-19/h5,7-9,11-12,14,16,20H,4,6,10,13H2,1-3H3,(H2,24,25,26). The van der Waals surface area contributed by atoms with E-state index in [1.807, 2.05) is 6.92 Å². The predicted molar refractivity (Wildman–Crippen MR) is 112 cm³/mol. The number of piperidine rings is 1. The van der Waals surface area contributed by atoms with Gasteiger partial charge in [-0.25, -0.2) is 8.78 Å². The van der Waals surface area contributed by atoms with Crippen molar-refractivity contribution in [1.29, 1.82) is 0 Å². The molecule has 4 nitrogen and oxygen atoms in total. The Morgan fingerprint density at radius 3 is 2.82 bits per heavy atom. The smallest absolute Gasteiger partial charge is 0.191 e. The molecule has 0 radical (unpaired) electrons. The van der Waals surface area contributed by atoms with Crippen molar-refractivity contribution in [2.45, 2.75) is 31.8 Å². The van der Waals surface area contributed by atoms with Gasteiger partial charge in [-0.15, -0.1) is 11.3 Å². The molecule has 1 fully saturated rings. The van der Waals surface area contributed by atoms with Gasteiger partial charge in [0.1, 0.15) is 0 Å². The SMILES string of the molecule is CN=C(NCC1CCCN(C)C1c1cccs1)NC(C)c1ccc(F)c(F)c1. The van der Waals surface area contributed by atoms with Crippen molar-refractivity contribution in [2.24, 2.45) is 10.9 Å². The van der Waals surface area contributed by atoms with Crippen LogP contribution in [-0.2, 0) is 0 Å². The second-order valence-corrected chi connectivity index (χ2v) is 8.32. The van der Waals surface area contributed by atoms with Gasteiger partial charge < -0.3 is 10.6 Å². The average Bonchev–Trinajstić information content (AvgIpc) is 3.21. The molecule has 3 unspecified atom stereocenters. The number of rotatable bonds is 5. The number of thiophene rings is 1. The lowest BCUT2D eigenvalue weighted by Crippen LogP contribution is -2.45. The van der Waals surface area contributed by atoms with Crippen molar-refractivity contribution < 1.29 is 8.78 Å². The number of hydrogen-bond donors (Lipinski definition) is 2. The van der Waals surface area contributed by atoms with E-state index in [-0.39, 0.29) is 6.04 Å². The second kappa shape index (κ2) is 9.47. The van der Waals surface area contributed by atoms with Crippen molar-refractivity contribution >= 4 is 17.3 Å². The minimum absolute atomic E-state index is 0.191. The van der Waals surface area contributed by atoms with Crippen LogP contribution in [0.4, 0.5) is 8.78 Å². The maximum Gasteiger partial charge on any atom is 0.191 e. The summed E-state index contributed by atoms with van der Waals surface area (Å²) in [5.41, 5.74) is 0.677. The quantitative estimate of drug-likeness (QED) is 0.573. The number of guanidine groups is 1. The Kier molecular flexibility index (Phi) is 7.02. The van der Waals surface area contributed by atoms with E-state index in [0.717, 1.165) is 25.6 Å². The first-order valence-corrected chi connectivity index (χ1v) is 10.5. The molecular weight excluding hydrogens is 378 g/mol. The maximum atomic E-state index is 13.5. The van der Waals surface area contributed by atoms with E-state index < -0.39 is 11.6 Å². The van der Waals surface area contributed by atoms with Crippen LogP contribution >= 0.6 is 11.3 Å². The Labute approximate surface area is 169 Å². The van der Waals surface area contributed by atoms with Gasteiger partial charge in [-0.1, -0.05) is 12.1 Å². The van der Waals surface area contributed by atoms with E-state index in [1.54, 1.807) is 24.5 Å². The third kappa shape index (κ3) is 4.89. The van der Waals surface area contributed by atoms with Gasteiger partial charge in [0.25, 0.3) is 0 Å². The molecule has 1 aromatic heterocycles. The van der Waals surface area contributed by atoms with Gasteiger partial charge in [0.2, 0.25) is 0 Å². The lowest BCUT2D eigenvalue weighted by Gasteiger charge is -2.39. The number of aliphatic imine (C=N–C) groups is 1. The molecule has 3 atom stereocenters. The lowest BCUT2D eigenvalue weighted by atomic mass is 9.88. The third-order valence-electron chi connectivity index (χ3n) is 5.39. The molecule has 0 amide bonds. The van der Waals surface area contributed by atoms with E-state index in [0.29, 0.717) is 23.5 Å². The molecule has 2 heterocycles. The van der Waals surface area contributed by atoms with Crippen LogP contribution in [0.3, 0.4) is 0 Å². The zero-order chi connectivity index (χ0) is 20.1. The second-order valence-electron chi connectivity index (χ2n) is 7.34. The summed E-state index contributed by atoms with van der Waals surface area (Å²) in [4.78, 5) is 8.13. The normalized spacial score (nSPS) is 22.1. The molecular formula is C21H28F2N4S. The molecule has 3 rings (SSSR count). The fraction of sp³-hybridized carbons (Fsp3) is 0.476. The lowest BCUT2D eigenvalue weighted by molar-refractivity contribution is 0.125. The number of halogens is 2. The Bertz CT molecular complexity index is 794. The summed E-state index contributed by atoms with van der Waals surface area (Å²) in [6.07, 6.45) is 2.34. The number of nitrogens with one attached hydrogen (secondary N) is 2. The highest BCUT2D eigenvalue weighted by molar-refractivity contribution is 7.10. The first-order chi connectivity index (χ1) is 13.5. The Morgan fingerprint density at radius 1 is 1.32 bits per heavy atom. The first-order valence-electron chi connectivity index (χ1n) is 9.65. The average molecular weight is 407 g/mol. The highest BCUT2D eigenvalue weighted by atomic mass is 32.1. The van der Waals surface area contributed by atoms with Crippen LogP contribution in [-0.4, -0.2) is 38.0 Å². The van der Waals surface area contributed by atoms with Crippen LogP contribution in [0, 0.1) is 17.6 Å². The molecule has 2 aromatic rings. The van der Waals surface area contributed by atoms with Gasteiger partial charge in [-0.2, -0.15) is 0 Å². The minimum atomic E-state index is -0.835. The molecule has 28 heavy (non-hydrogen) atoms. The van der Waals surface area contributed by atoms with Gasteiger partial charge in [-0.05, 0) is 68.4 Å². The van der Waals surface area contributed by atoms with Crippen LogP contribution in [0.25, 0.3) is 0 Å². The number of benzene rings is 1. The van der Waals surface area contributed by atoms with Crippen molar-refractivity contribution in [3.63, 3.8) is 0 Å². The van der Waals surface area contributed by atoms with E-state index in [9.17, 15) is 8.78 Å². The van der Waals surface area contributed by atoms with Crippen LogP contribution in [0.5, 0.6) is 0 Å². The minimum Gasteiger partial charge on any atom is -0.356 e. The monoisotopic (exact) mass is 406 g/mol. The molecule has 0 bridgehead atoms. The van der Waals surface area contributed by atoms with Gasteiger partial charge in [0.15, 0.2) is 17.6 Å². The number of likely N-dealkylation sites (tertiary alicyclic amines) is 1. The topological polar surface area (TPSA) is 39.7 Å². The van der Waals surface area contributed by atoms with Crippen molar-refractivity contribution in [3.05, 3.63) is 57.8 Å². The fourth-order valence-corrected chi connectivity index (χ4v) is 4.86. The van der Waals surface area contributed by atoms with Crippen LogP contribution < -0.4 is 10.6 Å². The van der Waals surface area contributed by atoms with Gasteiger partial charge in [-0.3, -0.25) is 9.89 Å². The molecule has 0 spiro atoms. The molecule has 1 aliphatic heterocycles. The highest BCUT2D eigenvalue weighted by Crippen LogP contribution is 2.36. The number of hydrogen-bond acceptors (Lipinski definition) is 3. The van der Waals surface area contributed by atoms with Crippen molar-refractivity contribution in [1.82, 2.24) is 15.5 Å². The molecule has 2 N–H and O–H groups in total. The zero-order valence-corrected chi connectivity index (χ0v) is 17.4. The Balaban J connectivity index is 1.62. The van der Waals surface area contributed by atoms with Gasteiger partial charge in [0.05, 0.1) is 6.04 Å². The summed E-state index contributed by atoms with van der Waals surface area (Å²) >= 11 is 1.81.